The van der Waals surface area contributed by atoms with E-state index < -0.39 is 34.9 Å². The second-order valence-electron chi connectivity index (χ2n) is 5.67. The van der Waals surface area contributed by atoms with Crippen LogP contribution < -0.4 is 10.1 Å². The minimum absolute atomic E-state index is 0.0276. The fourth-order valence-electron chi connectivity index (χ4n) is 2.39. The van der Waals surface area contributed by atoms with Crippen LogP contribution in [-0.2, 0) is 20.7 Å². The smallest absolute Gasteiger partial charge is 0.306 e. The quantitative estimate of drug-likeness (QED) is 0.400. The van der Waals surface area contributed by atoms with Crippen LogP contribution in [-0.4, -0.2) is 30.0 Å². The summed E-state index contributed by atoms with van der Waals surface area (Å²) >= 11 is 0. The molecule has 0 unspecified atom stereocenters. The predicted octanol–water partition coefficient (Wildman–Crippen LogP) is 3.25. The Bertz CT molecular complexity index is 871. The summed E-state index contributed by atoms with van der Waals surface area (Å²) in [5.74, 6) is -1.59. The van der Waals surface area contributed by atoms with E-state index in [-0.39, 0.29) is 12.1 Å². The molecule has 148 valence electrons. The zero-order valence-corrected chi connectivity index (χ0v) is 15.1. The maximum Gasteiger partial charge on any atom is 0.306 e. The fraction of sp³-hybridized carbons (Fsp3) is 0.263. The summed E-state index contributed by atoms with van der Waals surface area (Å²) in [5.41, 5.74) is 0.118. The van der Waals surface area contributed by atoms with E-state index in [1.807, 2.05) is 25.1 Å². The molecule has 28 heavy (non-hydrogen) atoms. The molecule has 9 heteroatoms. The number of hydrogen-bond acceptors (Lipinski definition) is 6. The molecular formula is C19H19FN2O6. The van der Waals surface area contributed by atoms with Crippen LogP contribution in [0.15, 0.2) is 42.5 Å². The predicted molar refractivity (Wildman–Crippen MR) is 98.6 cm³/mol. The summed E-state index contributed by atoms with van der Waals surface area (Å²) in [7, 11) is 0. The molecule has 2 aromatic carbocycles. The lowest BCUT2D eigenvalue weighted by molar-refractivity contribution is -0.387. The number of carbonyl (C=O) groups is 2. The molecule has 0 saturated carbocycles. The summed E-state index contributed by atoms with van der Waals surface area (Å²) in [4.78, 5) is 33.5. The van der Waals surface area contributed by atoms with E-state index in [0.717, 1.165) is 17.7 Å². The monoisotopic (exact) mass is 390 g/mol. The number of carbonyl (C=O) groups excluding carboxylic acids is 2. The van der Waals surface area contributed by atoms with Crippen molar-refractivity contribution < 1.29 is 28.4 Å². The molecule has 1 N–H and O–H groups in total. The highest BCUT2D eigenvalue weighted by Crippen LogP contribution is 2.22. The molecular weight excluding hydrogens is 371 g/mol. The van der Waals surface area contributed by atoms with E-state index in [1.165, 1.54) is 6.07 Å². The summed E-state index contributed by atoms with van der Waals surface area (Å²) < 4.78 is 23.7. The number of halogens is 1. The first-order valence-corrected chi connectivity index (χ1v) is 8.50. The fourth-order valence-corrected chi connectivity index (χ4v) is 2.39. The molecule has 0 bridgehead atoms. The Morgan fingerprint density at radius 3 is 2.68 bits per heavy atom. The van der Waals surface area contributed by atoms with Gasteiger partial charge in [0.2, 0.25) is 5.82 Å². The van der Waals surface area contributed by atoms with Crippen molar-refractivity contribution in [2.75, 3.05) is 18.5 Å². The van der Waals surface area contributed by atoms with Crippen LogP contribution in [0.3, 0.4) is 0 Å². The molecule has 0 aliphatic carbocycles. The Morgan fingerprint density at radius 1 is 1.21 bits per heavy atom. The van der Waals surface area contributed by atoms with Crippen LogP contribution in [0.5, 0.6) is 5.75 Å². The molecule has 0 aliphatic rings. The zero-order chi connectivity index (χ0) is 20.5. The second kappa shape index (κ2) is 10.0. The van der Waals surface area contributed by atoms with Gasteiger partial charge in [0.1, 0.15) is 5.75 Å². The lowest BCUT2D eigenvalue weighted by Gasteiger charge is -2.10. The third-order valence-electron chi connectivity index (χ3n) is 3.66. The van der Waals surface area contributed by atoms with Gasteiger partial charge in [0.25, 0.3) is 5.91 Å². The molecule has 8 nitrogen and oxygen atoms in total. The third kappa shape index (κ3) is 6.04. The highest BCUT2D eigenvalue weighted by atomic mass is 19.1. The van der Waals surface area contributed by atoms with Crippen molar-refractivity contribution >= 4 is 23.3 Å². The van der Waals surface area contributed by atoms with Crippen LogP contribution >= 0.6 is 0 Å². The molecule has 0 aliphatic heterocycles. The van der Waals surface area contributed by atoms with Crippen molar-refractivity contribution in [3.05, 3.63) is 64.0 Å². The van der Waals surface area contributed by atoms with Gasteiger partial charge in [0, 0.05) is 18.2 Å². The van der Waals surface area contributed by atoms with E-state index in [0.29, 0.717) is 18.8 Å². The van der Waals surface area contributed by atoms with Gasteiger partial charge in [-0.3, -0.25) is 19.7 Å². The Labute approximate surface area is 160 Å². The third-order valence-corrected chi connectivity index (χ3v) is 3.66. The number of nitrogens with one attached hydrogen (secondary N) is 1. The Morgan fingerprint density at radius 2 is 1.96 bits per heavy atom. The molecule has 0 aromatic heterocycles. The zero-order valence-electron chi connectivity index (χ0n) is 15.1. The van der Waals surface area contributed by atoms with Crippen LogP contribution in [0.4, 0.5) is 15.8 Å². The first-order valence-electron chi connectivity index (χ1n) is 8.50. The van der Waals surface area contributed by atoms with Gasteiger partial charge in [-0.25, -0.2) is 0 Å². The van der Waals surface area contributed by atoms with Crippen molar-refractivity contribution in [3.8, 4) is 5.75 Å². The molecule has 2 aromatic rings. The molecule has 2 rings (SSSR count). The largest absolute Gasteiger partial charge is 0.494 e. The van der Waals surface area contributed by atoms with E-state index in [4.69, 9.17) is 9.47 Å². The maximum absolute atomic E-state index is 13.3. The van der Waals surface area contributed by atoms with Gasteiger partial charge in [-0.2, -0.15) is 4.39 Å². The lowest BCUT2D eigenvalue weighted by Crippen LogP contribution is -2.21. The van der Waals surface area contributed by atoms with Gasteiger partial charge >= 0.3 is 11.7 Å². The number of benzene rings is 2. The maximum atomic E-state index is 13.3. The van der Waals surface area contributed by atoms with Gasteiger partial charge < -0.3 is 14.8 Å². The van der Waals surface area contributed by atoms with Crippen LogP contribution in [0.1, 0.15) is 18.9 Å². The van der Waals surface area contributed by atoms with Crippen molar-refractivity contribution in [3.63, 3.8) is 0 Å². The van der Waals surface area contributed by atoms with Crippen molar-refractivity contribution in [2.24, 2.45) is 0 Å². The number of esters is 1. The first-order chi connectivity index (χ1) is 13.4. The minimum Gasteiger partial charge on any atom is -0.494 e. The number of hydrogen-bond donors (Lipinski definition) is 1. The number of ether oxygens (including phenoxy) is 2. The highest BCUT2D eigenvalue weighted by molar-refractivity contribution is 5.93. The van der Waals surface area contributed by atoms with Gasteiger partial charge in [0.15, 0.2) is 6.61 Å². The number of anilines is 1. The summed E-state index contributed by atoms with van der Waals surface area (Å²) in [5, 5.41) is 13.0. The second-order valence-corrected chi connectivity index (χ2v) is 5.67. The topological polar surface area (TPSA) is 108 Å². The van der Waals surface area contributed by atoms with E-state index in [2.05, 4.69) is 5.32 Å². The molecule has 0 heterocycles. The summed E-state index contributed by atoms with van der Waals surface area (Å²) in [6.45, 7) is 1.81. The Hall–Kier alpha value is -3.49. The van der Waals surface area contributed by atoms with Crippen LogP contribution in [0, 0.1) is 15.9 Å². The van der Waals surface area contributed by atoms with E-state index >= 15 is 0 Å². The summed E-state index contributed by atoms with van der Waals surface area (Å²) in [6.07, 6.45) is 0.445. The number of rotatable bonds is 9. The van der Waals surface area contributed by atoms with Crippen molar-refractivity contribution in [2.45, 2.75) is 19.8 Å². The highest BCUT2D eigenvalue weighted by Gasteiger charge is 2.16. The number of para-hydroxylation sites is 1. The van der Waals surface area contributed by atoms with Gasteiger partial charge in [-0.1, -0.05) is 18.2 Å². The number of amides is 1. The number of nitro benzene ring substituents is 1. The minimum atomic E-state index is -1.01. The average Bonchev–Trinajstić information content (AvgIpc) is 2.67. The molecule has 0 saturated heterocycles. The molecule has 0 radical (unpaired) electrons. The van der Waals surface area contributed by atoms with Crippen LogP contribution in [0.25, 0.3) is 0 Å². The van der Waals surface area contributed by atoms with Crippen LogP contribution in [0.2, 0.25) is 0 Å². The lowest BCUT2D eigenvalue weighted by atomic mass is 10.1. The number of aryl methyl sites for hydroxylation is 1. The van der Waals surface area contributed by atoms with Gasteiger partial charge in [0.05, 0.1) is 11.5 Å². The molecule has 1 amide bonds. The van der Waals surface area contributed by atoms with Gasteiger partial charge in [-0.05, 0) is 37.1 Å². The van der Waals surface area contributed by atoms with Crippen molar-refractivity contribution in [1.82, 2.24) is 0 Å². The molecule has 0 fully saturated rings. The standard InChI is InChI=1S/C19H19FN2O6/c1-2-27-17-6-4-3-5-13(17)7-10-19(24)28-12-18(23)21-14-8-9-15(20)16(11-14)22(25)26/h3-6,8-9,11H,2,7,10,12H2,1H3,(H,21,23). The van der Waals surface area contributed by atoms with Crippen molar-refractivity contribution in [1.29, 1.82) is 0 Å². The first kappa shape index (κ1) is 20.8. The molecule has 0 spiro atoms. The normalized spacial score (nSPS) is 10.2. The van der Waals surface area contributed by atoms with E-state index in [9.17, 15) is 24.1 Å². The van der Waals surface area contributed by atoms with Gasteiger partial charge in [-0.15, -0.1) is 0 Å². The SMILES string of the molecule is CCOc1ccccc1CCC(=O)OCC(=O)Nc1ccc(F)c([N+](=O)[O-])c1. The summed E-state index contributed by atoms with van der Waals surface area (Å²) in [6, 6.07) is 10.2. The Balaban J connectivity index is 1.82. The average molecular weight is 390 g/mol. The number of nitro groups is 1. The Kier molecular flexibility index (Phi) is 7.44. The molecule has 0 atom stereocenters. The van der Waals surface area contributed by atoms with E-state index in [1.54, 1.807) is 6.07 Å². The number of nitrogens with zero attached hydrogens (tertiary/aromatic N) is 1.